The van der Waals surface area contributed by atoms with Gasteiger partial charge in [-0.05, 0) is 49.1 Å². The number of hydrogen-bond acceptors (Lipinski definition) is 8. The van der Waals surface area contributed by atoms with Crippen molar-refractivity contribution in [2.75, 3.05) is 5.73 Å². The van der Waals surface area contributed by atoms with E-state index in [1.54, 1.807) is 18.6 Å². The van der Waals surface area contributed by atoms with E-state index in [-0.39, 0.29) is 0 Å². The van der Waals surface area contributed by atoms with Gasteiger partial charge in [0.15, 0.2) is 11.0 Å². The SMILES string of the molecule is Nc1ncc(CCCc2cc(-c3cc(OCc4ccccc4)ccc3Br)nc(-c3cnccn3)n2)s1. The van der Waals surface area contributed by atoms with Crippen LogP contribution in [0.3, 0.4) is 0 Å². The van der Waals surface area contributed by atoms with E-state index in [2.05, 4.69) is 30.9 Å². The Hall–Kier alpha value is -3.69. The fourth-order valence-corrected chi connectivity index (χ4v) is 4.88. The molecule has 3 heterocycles. The summed E-state index contributed by atoms with van der Waals surface area (Å²) in [5, 5.41) is 0.596. The Kier molecular flexibility index (Phi) is 7.58. The number of nitrogens with two attached hydrogens (primary N) is 1. The zero-order valence-corrected chi connectivity index (χ0v) is 21.7. The third-order valence-corrected chi connectivity index (χ3v) is 7.04. The van der Waals surface area contributed by atoms with E-state index in [0.717, 1.165) is 52.0 Å². The molecule has 0 saturated heterocycles. The summed E-state index contributed by atoms with van der Waals surface area (Å²) in [6.45, 7) is 0.490. The Morgan fingerprint density at radius 1 is 0.889 bits per heavy atom. The monoisotopic (exact) mass is 558 g/mol. The molecule has 2 aromatic carbocycles. The summed E-state index contributed by atoms with van der Waals surface area (Å²) in [6, 6.07) is 18.1. The quantitative estimate of drug-likeness (QED) is 0.231. The second-order valence-electron chi connectivity index (χ2n) is 8.09. The van der Waals surface area contributed by atoms with Crippen molar-refractivity contribution in [3.8, 4) is 28.5 Å². The van der Waals surface area contributed by atoms with Crippen LogP contribution in [-0.4, -0.2) is 24.9 Å². The van der Waals surface area contributed by atoms with Gasteiger partial charge in [0.1, 0.15) is 18.1 Å². The fraction of sp³-hybridized carbons (Fsp3) is 0.148. The highest BCUT2D eigenvalue weighted by Gasteiger charge is 2.14. The van der Waals surface area contributed by atoms with Crippen molar-refractivity contribution in [2.24, 2.45) is 0 Å². The minimum atomic E-state index is 0.490. The first kappa shape index (κ1) is 24.0. The summed E-state index contributed by atoms with van der Waals surface area (Å²) in [4.78, 5) is 23.6. The molecule has 3 aromatic heterocycles. The van der Waals surface area contributed by atoms with Crippen molar-refractivity contribution >= 4 is 32.4 Å². The number of thiazole rings is 1. The minimum Gasteiger partial charge on any atom is -0.489 e. The summed E-state index contributed by atoms with van der Waals surface area (Å²) < 4.78 is 6.99. The lowest BCUT2D eigenvalue weighted by Gasteiger charge is -2.12. The molecule has 0 spiro atoms. The Balaban J connectivity index is 1.43. The van der Waals surface area contributed by atoms with Gasteiger partial charge in [0, 0.05) is 39.2 Å². The van der Waals surface area contributed by atoms with Crippen LogP contribution in [0.4, 0.5) is 5.13 Å². The number of aryl methyl sites for hydroxylation is 2. The van der Waals surface area contributed by atoms with Crippen LogP contribution in [0.25, 0.3) is 22.8 Å². The molecular weight excluding hydrogens is 536 g/mol. The molecule has 9 heteroatoms. The highest BCUT2D eigenvalue weighted by Crippen LogP contribution is 2.32. The van der Waals surface area contributed by atoms with E-state index in [1.165, 1.54) is 16.2 Å². The number of hydrogen-bond donors (Lipinski definition) is 1. The number of benzene rings is 2. The van der Waals surface area contributed by atoms with Gasteiger partial charge in [0.25, 0.3) is 0 Å². The van der Waals surface area contributed by atoms with Gasteiger partial charge in [0.05, 0.1) is 11.9 Å². The van der Waals surface area contributed by atoms with Crippen molar-refractivity contribution in [3.05, 3.63) is 100.0 Å². The topological polar surface area (TPSA) is 99.7 Å². The molecular formula is C27H23BrN6OS. The number of aromatic nitrogens is 5. The lowest BCUT2D eigenvalue weighted by Crippen LogP contribution is -2.01. The Bertz CT molecular complexity index is 1450. The molecule has 180 valence electrons. The predicted molar refractivity (Wildman–Crippen MR) is 146 cm³/mol. The summed E-state index contributed by atoms with van der Waals surface area (Å²) in [5.41, 5.74) is 10.2. The Morgan fingerprint density at radius 2 is 1.78 bits per heavy atom. The van der Waals surface area contributed by atoms with Crippen molar-refractivity contribution in [3.63, 3.8) is 0 Å². The van der Waals surface area contributed by atoms with Gasteiger partial charge in [-0.3, -0.25) is 4.98 Å². The van der Waals surface area contributed by atoms with Gasteiger partial charge < -0.3 is 10.5 Å². The molecule has 0 unspecified atom stereocenters. The first-order chi connectivity index (χ1) is 17.6. The first-order valence-corrected chi connectivity index (χ1v) is 13.1. The van der Waals surface area contributed by atoms with E-state index in [4.69, 9.17) is 20.4 Å². The van der Waals surface area contributed by atoms with Crippen LogP contribution in [0, 0.1) is 0 Å². The van der Waals surface area contributed by atoms with Crippen LogP contribution in [0.15, 0.2) is 83.9 Å². The Labute approximate surface area is 221 Å². The van der Waals surface area contributed by atoms with Gasteiger partial charge in [0.2, 0.25) is 0 Å². The van der Waals surface area contributed by atoms with Gasteiger partial charge in [-0.15, -0.1) is 11.3 Å². The van der Waals surface area contributed by atoms with E-state index in [0.29, 0.717) is 23.3 Å². The average molecular weight is 559 g/mol. The van der Waals surface area contributed by atoms with Gasteiger partial charge in [-0.2, -0.15) is 0 Å². The number of nitrogens with zero attached hydrogens (tertiary/aromatic N) is 5. The number of rotatable bonds is 9. The molecule has 2 N–H and O–H groups in total. The third-order valence-electron chi connectivity index (χ3n) is 5.46. The van der Waals surface area contributed by atoms with Crippen molar-refractivity contribution in [1.82, 2.24) is 24.9 Å². The molecule has 0 aliphatic carbocycles. The molecule has 0 amide bonds. The first-order valence-electron chi connectivity index (χ1n) is 11.5. The lowest BCUT2D eigenvalue weighted by atomic mass is 10.1. The largest absolute Gasteiger partial charge is 0.489 e. The van der Waals surface area contributed by atoms with Crippen LogP contribution in [-0.2, 0) is 19.4 Å². The molecule has 0 fully saturated rings. The normalized spacial score (nSPS) is 10.9. The molecule has 0 atom stereocenters. The molecule has 5 rings (SSSR count). The van der Waals surface area contributed by atoms with Gasteiger partial charge >= 0.3 is 0 Å². The molecule has 0 bridgehead atoms. The van der Waals surface area contributed by atoms with Crippen molar-refractivity contribution in [2.45, 2.75) is 25.9 Å². The van der Waals surface area contributed by atoms with Crippen LogP contribution < -0.4 is 10.5 Å². The number of ether oxygens (including phenoxy) is 1. The predicted octanol–water partition coefficient (Wildman–Crippen LogP) is 6.16. The second kappa shape index (κ2) is 11.4. The number of anilines is 1. The van der Waals surface area contributed by atoms with E-state index in [1.807, 2.05) is 60.8 Å². The maximum atomic E-state index is 6.07. The third kappa shape index (κ3) is 6.10. The number of nitrogen functional groups attached to an aromatic ring is 1. The zero-order chi connectivity index (χ0) is 24.7. The van der Waals surface area contributed by atoms with Crippen molar-refractivity contribution in [1.29, 1.82) is 0 Å². The smallest absolute Gasteiger partial charge is 0.180 e. The van der Waals surface area contributed by atoms with E-state index >= 15 is 0 Å². The standard InChI is InChI=1S/C27H23BrN6OS/c28-23-10-9-20(35-17-18-5-2-1-3-6-18)14-22(23)24-13-19(7-4-8-21-15-32-27(29)36-21)33-26(34-24)25-16-30-11-12-31-25/h1-3,5-6,9-16H,4,7-8,17H2,(H2,29,32). The summed E-state index contributed by atoms with van der Waals surface area (Å²) in [6.07, 6.45) is 9.39. The van der Waals surface area contributed by atoms with Crippen LogP contribution in [0.5, 0.6) is 5.75 Å². The molecule has 0 aliphatic rings. The van der Waals surface area contributed by atoms with Crippen molar-refractivity contribution < 1.29 is 4.74 Å². The van der Waals surface area contributed by atoms with E-state index < -0.39 is 0 Å². The second-order valence-corrected chi connectivity index (χ2v) is 10.1. The summed E-state index contributed by atoms with van der Waals surface area (Å²) in [7, 11) is 0. The molecule has 0 aliphatic heterocycles. The summed E-state index contributed by atoms with van der Waals surface area (Å²) >= 11 is 5.22. The molecule has 36 heavy (non-hydrogen) atoms. The maximum Gasteiger partial charge on any atom is 0.180 e. The highest BCUT2D eigenvalue weighted by atomic mass is 79.9. The zero-order valence-electron chi connectivity index (χ0n) is 19.3. The van der Waals surface area contributed by atoms with E-state index in [9.17, 15) is 0 Å². The molecule has 0 saturated carbocycles. The van der Waals surface area contributed by atoms with Gasteiger partial charge in [-0.25, -0.2) is 19.9 Å². The summed E-state index contributed by atoms with van der Waals surface area (Å²) in [5.74, 6) is 1.31. The molecule has 7 nitrogen and oxygen atoms in total. The molecule has 0 radical (unpaired) electrons. The molecule has 5 aromatic rings. The fourth-order valence-electron chi connectivity index (χ4n) is 3.71. The van der Waals surface area contributed by atoms with Crippen LogP contribution >= 0.6 is 27.3 Å². The lowest BCUT2D eigenvalue weighted by molar-refractivity contribution is 0.306. The Morgan fingerprint density at radius 3 is 2.56 bits per heavy atom. The maximum absolute atomic E-state index is 6.07. The van der Waals surface area contributed by atoms with Gasteiger partial charge in [-0.1, -0.05) is 46.3 Å². The van der Waals surface area contributed by atoms with Crippen LogP contribution in [0.2, 0.25) is 0 Å². The average Bonchev–Trinajstić information content (AvgIpc) is 3.34. The number of halogens is 1. The highest BCUT2D eigenvalue weighted by molar-refractivity contribution is 9.10. The van der Waals surface area contributed by atoms with Crippen LogP contribution in [0.1, 0.15) is 22.6 Å². The minimum absolute atomic E-state index is 0.490.